The zero-order valence-corrected chi connectivity index (χ0v) is 13.5. The second kappa shape index (κ2) is 5.56. The third-order valence-electron chi connectivity index (χ3n) is 3.07. The molecule has 1 aromatic carbocycles. The van der Waals surface area contributed by atoms with Gasteiger partial charge in [-0.2, -0.15) is 0 Å². The molecule has 2 amide bonds. The standard InChI is InChI=1S/C15H19BrN2O2/c1-15(2,3)18-14(20)12-8-11(12)13(19)17-10-6-4-9(16)5-7-10/h4-7,11-12H,8H2,1-3H3,(H,17,19)(H,18,20). The highest BCUT2D eigenvalue weighted by Crippen LogP contribution is 2.39. The molecule has 2 rings (SSSR count). The van der Waals surface area contributed by atoms with Crippen molar-refractivity contribution in [3.63, 3.8) is 0 Å². The molecule has 20 heavy (non-hydrogen) atoms. The number of hydrogen-bond acceptors (Lipinski definition) is 2. The van der Waals surface area contributed by atoms with Crippen LogP contribution in [-0.4, -0.2) is 17.4 Å². The fourth-order valence-electron chi connectivity index (χ4n) is 2.01. The van der Waals surface area contributed by atoms with E-state index < -0.39 is 0 Å². The number of hydrogen-bond donors (Lipinski definition) is 2. The van der Waals surface area contributed by atoms with Crippen LogP contribution in [0.1, 0.15) is 27.2 Å². The lowest BCUT2D eigenvalue weighted by molar-refractivity contribution is -0.126. The maximum Gasteiger partial charge on any atom is 0.228 e. The Morgan fingerprint density at radius 1 is 1.10 bits per heavy atom. The SMILES string of the molecule is CC(C)(C)NC(=O)C1CC1C(=O)Nc1ccc(Br)cc1. The molecule has 5 heteroatoms. The van der Waals surface area contributed by atoms with Crippen molar-refractivity contribution in [2.24, 2.45) is 11.8 Å². The van der Waals surface area contributed by atoms with Gasteiger partial charge in [0.1, 0.15) is 0 Å². The molecule has 2 atom stereocenters. The summed E-state index contributed by atoms with van der Waals surface area (Å²) in [5.74, 6) is -0.513. The van der Waals surface area contributed by atoms with Gasteiger partial charge in [0.15, 0.2) is 0 Å². The molecule has 2 N–H and O–H groups in total. The van der Waals surface area contributed by atoms with Crippen LogP contribution in [0.4, 0.5) is 5.69 Å². The first kappa shape index (κ1) is 15.0. The third-order valence-corrected chi connectivity index (χ3v) is 3.60. The van der Waals surface area contributed by atoms with Crippen LogP contribution in [-0.2, 0) is 9.59 Å². The summed E-state index contributed by atoms with van der Waals surface area (Å²) < 4.78 is 0.962. The second-order valence-corrected chi connectivity index (χ2v) is 7.10. The molecule has 1 aliphatic carbocycles. The highest BCUT2D eigenvalue weighted by molar-refractivity contribution is 9.10. The summed E-state index contributed by atoms with van der Waals surface area (Å²) in [5.41, 5.74) is 0.493. The van der Waals surface area contributed by atoms with Gasteiger partial charge in [-0.25, -0.2) is 0 Å². The van der Waals surface area contributed by atoms with Crippen LogP contribution in [0.3, 0.4) is 0 Å². The van der Waals surface area contributed by atoms with Gasteiger partial charge in [-0.3, -0.25) is 9.59 Å². The van der Waals surface area contributed by atoms with E-state index in [1.54, 1.807) is 0 Å². The first-order valence-corrected chi connectivity index (χ1v) is 7.44. The lowest BCUT2D eigenvalue weighted by Crippen LogP contribution is -2.42. The van der Waals surface area contributed by atoms with Crippen LogP contribution in [0.2, 0.25) is 0 Å². The Morgan fingerprint density at radius 2 is 1.65 bits per heavy atom. The number of carbonyl (C=O) groups excluding carboxylic acids is 2. The zero-order valence-electron chi connectivity index (χ0n) is 11.9. The van der Waals surface area contributed by atoms with E-state index in [1.165, 1.54) is 0 Å². The van der Waals surface area contributed by atoms with Gasteiger partial charge in [0.2, 0.25) is 11.8 Å². The minimum absolute atomic E-state index is 0.0338. The van der Waals surface area contributed by atoms with Crippen molar-refractivity contribution >= 4 is 33.4 Å². The average molecular weight is 339 g/mol. The van der Waals surface area contributed by atoms with E-state index in [-0.39, 0.29) is 29.2 Å². The highest BCUT2D eigenvalue weighted by atomic mass is 79.9. The van der Waals surface area contributed by atoms with Crippen molar-refractivity contribution in [2.45, 2.75) is 32.7 Å². The Kier molecular flexibility index (Phi) is 4.18. The molecule has 108 valence electrons. The summed E-state index contributed by atoms with van der Waals surface area (Å²) in [6.45, 7) is 5.80. The fourth-order valence-corrected chi connectivity index (χ4v) is 2.27. The number of nitrogens with one attached hydrogen (secondary N) is 2. The van der Waals surface area contributed by atoms with Gasteiger partial charge in [0, 0.05) is 15.7 Å². The second-order valence-electron chi connectivity index (χ2n) is 6.18. The lowest BCUT2D eigenvalue weighted by atomic mass is 10.1. The molecule has 0 saturated heterocycles. The molecule has 0 bridgehead atoms. The normalized spacial score (nSPS) is 21.2. The Labute approximate surface area is 127 Å². The smallest absolute Gasteiger partial charge is 0.228 e. The highest BCUT2D eigenvalue weighted by Gasteiger charge is 2.48. The van der Waals surface area contributed by atoms with Gasteiger partial charge in [-0.05, 0) is 51.5 Å². The van der Waals surface area contributed by atoms with Gasteiger partial charge in [-0.1, -0.05) is 15.9 Å². The van der Waals surface area contributed by atoms with Gasteiger partial charge >= 0.3 is 0 Å². The van der Waals surface area contributed by atoms with Crippen molar-refractivity contribution in [3.8, 4) is 0 Å². The Morgan fingerprint density at radius 3 is 2.20 bits per heavy atom. The van der Waals surface area contributed by atoms with Gasteiger partial charge in [-0.15, -0.1) is 0 Å². The fraction of sp³-hybridized carbons (Fsp3) is 0.467. The summed E-state index contributed by atoms with van der Waals surface area (Å²) in [7, 11) is 0. The van der Waals surface area contributed by atoms with Gasteiger partial charge in [0.25, 0.3) is 0 Å². The van der Waals surface area contributed by atoms with E-state index in [0.29, 0.717) is 6.42 Å². The zero-order chi connectivity index (χ0) is 14.9. The van der Waals surface area contributed by atoms with Crippen molar-refractivity contribution in [1.82, 2.24) is 5.32 Å². The minimum atomic E-state index is -0.258. The monoisotopic (exact) mass is 338 g/mol. The predicted octanol–water partition coefficient (Wildman–Crippen LogP) is 2.94. The minimum Gasteiger partial charge on any atom is -0.351 e. The van der Waals surface area contributed by atoms with Crippen LogP contribution in [0, 0.1) is 11.8 Å². The third kappa shape index (κ3) is 4.07. The Bertz CT molecular complexity index is 520. The van der Waals surface area contributed by atoms with Crippen LogP contribution < -0.4 is 10.6 Å². The topological polar surface area (TPSA) is 58.2 Å². The van der Waals surface area contributed by atoms with E-state index in [0.717, 1.165) is 10.2 Å². The quantitative estimate of drug-likeness (QED) is 0.890. The number of benzene rings is 1. The Hall–Kier alpha value is -1.36. The summed E-state index contributed by atoms with van der Waals surface area (Å²) in [5, 5.41) is 5.75. The number of halogens is 1. The first-order valence-electron chi connectivity index (χ1n) is 6.65. The van der Waals surface area contributed by atoms with E-state index in [1.807, 2.05) is 45.0 Å². The van der Waals surface area contributed by atoms with Crippen molar-refractivity contribution in [3.05, 3.63) is 28.7 Å². The summed E-state index contributed by atoms with van der Waals surface area (Å²) in [4.78, 5) is 24.0. The molecule has 0 aromatic heterocycles. The molecule has 0 radical (unpaired) electrons. The van der Waals surface area contributed by atoms with Crippen LogP contribution in [0.5, 0.6) is 0 Å². The van der Waals surface area contributed by atoms with E-state index >= 15 is 0 Å². The maximum atomic E-state index is 12.0. The van der Waals surface area contributed by atoms with Gasteiger partial charge < -0.3 is 10.6 Å². The average Bonchev–Trinajstić information content (AvgIpc) is 3.10. The van der Waals surface area contributed by atoms with Crippen molar-refractivity contribution < 1.29 is 9.59 Å². The summed E-state index contributed by atoms with van der Waals surface area (Å²) >= 11 is 3.34. The molecular weight excluding hydrogens is 320 g/mol. The Balaban J connectivity index is 1.87. The van der Waals surface area contributed by atoms with Crippen molar-refractivity contribution in [1.29, 1.82) is 0 Å². The summed E-state index contributed by atoms with van der Waals surface area (Å²) in [6, 6.07) is 7.39. The molecular formula is C15H19BrN2O2. The molecule has 2 unspecified atom stereocenters. The number of rotatable bonds is 3. The molecule has 4 nitrogen and oxygen atoms in total. The molecule has 1 aromatic rings. The molecule has 1 fully saturated rings. The summed E-state index contributed by atoms with van der Waals surface area (Å²) in [6.07, 6.45) is 0.629. The molecule has 0 spiro atoms. The van der Waals surface area contributed by atoms with Crippen LogP contribution in [0.15, 0.2) is 28.7 Å². The number of anilines is 1. The number of amides is 2. The van der Waals surface area contributed by atoms with Crippen molar-refractivity contribution in [2.75, 3.05) is 5.32 Å². The molecule has 1 saturated carbocycles. The van der Waals surface area contributed by atoms with Crippen LogP contribution in [0.25, 0.3) is 0 Å². The van der Waals surface area contributed by atoms with E-state index in [2.05, 4.69) is 26.6 Å². The molecule has 0 aliphatic heterocycles. The largest absolute Gasteiger partial charge is 0.351 e. The van der Waals surface area contributed by atoms with E-state index in [4.69, 9.17) is 0 Å². The van der Waals surface area contributed by atoms with E-state index in [9.17, 15) is 9.59 Å². The van der Waals surface area contributed by atoms with Crippen LogP contribution >= 0.6 is 15.9 Å². The first-order chi connectivity index (χ1) is 9.26. The number of carbonyl (C=O) groups is 2. The molecule has 0 heterocycles. The maximum absolute atomic E-state index is 12.0. The predicted molar refractivity (Wildman–Crippen MR) is 82.3 cm³/mol. The lowest BCUT2D eigenvalue weighted by Gasteiger charge is -2.20. The van der Waals surface area contributed by atoms with Gasteiger partial charge in [0.05, 0.1) is 11.8 Å². The molecule has 1 aliphatic rings.